The fourth-order valence-electron chi connectivity index (χ4n) is 1.32. The molecule has 0 atom stereocenters. The maximum absolute atomic E-state index is 13.0. The van der Waals surface area contributed by atoms with E-state index in [2.05, 4.69) is 26.3 Å². The number of benzene rings is 1. The van der Waals surface area contributed by atoms with E-state index in [0.717, 1.165) is 4.47 Å². The van der Waals surface area contributed by atoms with Gasteiger partial charge in [0.1, 0.15) is 5.82 Å². The number of anilines is 1. The van der Waals surface area contributed by atoms with Gasteiger partial charge in [-0.25, -0.2) is 9.07 Å². The fraction of sp³-hybridized carbons (Fsp3) is 0. The van der Waals surface area contributed by atoms with Crippen LogP contribution in [0.25, 0.3) is 5.69 Å². The van der Waals surface area contributed by atoms with Crippen LogP contribution >= 0.6 is 15.9 Å². The van der Waals surface area contributed by atoms with Gasteiger partial charge in [0.2, 0.25) is 6.41 Å². The standard InChI is InChI=1S/C10H7BrFN3O/c11-7-4-14-15(5-7)10-2-1-8(12)3-9(10)13-6-16/h1-6H,(H,13,16). The van der Waals surface area contributed by atoms with Crippen molar-refractivity contribution in [2.45, 2.75) is 0 Å². The minimum Gasteiger partial charge on any atom is -0.327 e. The number of rotatable bonds is 3. The molecule has 82 valence electrons. The predicted molar refractivity (Wildman–Crippen MR) is 60.9 cm³/mol. The predicted octanol–water partition coefficient (Wildman–Crippen LogP) is 2.34. The Balaban J connectivity index is 2.50. The van der Waals surface area contributed by atoms with E-state index in [1.807, 2.05) is 0 Å². The Hall–Kier alpha value is -1.69. The molecule has 0 saturated carbocycles. The second-order valence-corrected chi connectivity index (χ2v) is 3.94. The number of nitrogens with zero attached hydrogens (tertiary/aromatic N) is 2. The monoisotopic (exact) mass is 283 g/mol. The molecule has 0 spiro atoms. The highest BCUT2D eigenvalue weighted by molar-refractivity contribution is 9.10. The molecule has 0 saturated heterocycles. The van der Waals surface area contributed by atoms with E-state index in [9.17, 15) is 9.18 Å². The van der Waals surface area contributed by atoms with Crippen LogP contribution in [-0.2, 0) is 4.79 Å². The van der Waals surface area contributed by atoms with E-state index in [0.29, 0.717) is 17.8 Å². The molecule has 0 aliphatic heterocycles. The van der Waals surface area contributed by atoms with Crippen LogP contribution in [0.15, 0.2) is 35.1 Å². The zero-order chi connectivity index (χ0) is 11.5. The molecule has 16 heavy (non-hydrogen) atoms. The van der Waals surface area contributed by atoms with Crippen LogP contribution in [0.4, 0.5) is 10.1 Å². The Morgan fingerprint density at radius 2 is 2.31 bits per heavy atom. The molecule has 0 aliphatic carbocycles. The van der Waals surface area contributed by atoms with Gasteiger partial charge in [-0.15, -0.1) is 0 Å². The van der Waals surface area contributed by atoms with Gasteiger partial charge in [0.25, 0.3) is 0 Å². The first-order valence-electron chi connectivity index (χ1n) is 4.41. The smallest absolute Gasteiger partial charge is 0.211 e. The van der Waals surface area contributed by atoms with E-state index in [4.69, 9.17) is 0 Å². The normalized spacial score (nSPS) is 10.1. The van der Waals surface area contributed by atoms with Crippen LogP contribution in [0.5, 0.6) is 0 Å². The Morgan fingerprint density at radius 1 is 1.50 bits per heavy atom. The van der Waals surface area contributed by atoms with Gasteiger partial charge < -0.3 is 5.32 Å². The minimum absolute atomic E-state index is 0.366. The summed E-state index contributed by atoms with van der Waals surface area (Å²) < 4.78 is 15.3. The van der Waals surface area contributed by atoms with E-state index < -0.39 is 5.82 Å². The summed E-state index contributed by atoms with van der Waals surface area (Å²) in [5.41, 5.74) is 0.963. The number of halogens is 2. The molecule has 0 aliphatic rings. The van der Waals surface area contributed by atoms with E-state index >= 15 is 0 Å². The van der Waals surface area contributed by atoms with E-state index in [1.165, 1.54) is 16.8 Å². The van der Waals surface area contributed by atoms with Crippen LogP contribution in [0.1, 0.15) is 0 Å². The molecule has 4 nitrogen and oxygen atoms in total. The highest BCUT2D eigenvalue weighted by Crippen LogP contribution is 2.21. The summed E-state index contributed by atoms with van der Waals surface area (Å²) in [6.07, 6.45) is 3.81. The Bertz CT molecular complexity index is 527. The fourth-order valence-corrected chi connectivity index (χ4v) is 1.61. The van der Waals surface area contributed by atoms with Gasteiger partial charge in [-0.1, -0.05) is 0 Å². The largest absolute Gasteiger partial charge is 0.327 e. The minimum atomic E-state index is -0.417. The maximum atomic E-state index is 13.0. The quantitative estimate of drug-likeness (QED) is 0.879. The second kappa shape index (κ2) is 4.44. The second-order valence-electron chi connectivity index (χ2n) is 3.03. The van der Waals surface area contributed by atoms with Gasteiger partial charge in [-0.3, -0.25) is 4.79 Å². The molecular weight excluding hydrogens is 277 g/mol. The first-order valence-corrected chi connectivity index (χ1v) is 5.20. The van der Waals surface area contributed by atoms with Crippen LogP contribution in [0.2, 0.25) is 0 Å². The number of hydrogen-bond acceptors (Lipinski definition) is 2. The molecule has 1 amide bonds. The third kappa shape index (κ3) is 2.11. The van der Waals surface area contributed by atoms with Crippen molar-refractivity contribution >= 4 is 28.0 Å². The molecule has 0 radical (unpaired) electrons. The molecular formula is C10H7BrFN3O. The van der Waals surface area contributed by atoms with Crippen LogP contribution in [0.3, 0.4) is 0 Å². The average molecular weight is 284 g/mol. The zero-order valence-electron chi connectivity index (χ0n) is 8.02. The number of aromatic nitrogens is 2. The molecule has 6 heteroatoms. The lowest BCUT2D eigenvalue weighted by Gasteiger charge is -2.07. The summed E-state index contributed by atoms with van der Waals surface area (Å²) in [7, 11) is 0. The first kappa shape index (κ1) is 10.8. The Labute approximate surface area is 99.2 Å². The number of nitrogens with one attached hydrogen (secondary N) is 1. The van der Waals surface area contributed by atoms with Gasteiger partial charge >= 0.3 is 0 Å². The van der Waals surface area contributed by atoms with Gasteiger partial charge in [-0.05, 0) is 34.1 Å². The van der Waals surface area contributed by atoms with Crippen molar-refractivity contribution in [1.29, 1.82) is 0 Å². The van der Waals surface area contributed by atoms with Crippen molar-refractivity contribution in [3.05, 3.63) is 40.9 Å². The summed E-state index contributed by atoms with van der Waals surface area (Å²) in [4.78, 5) is 10.4. The summed E-state index contributed by atoms with van der Waals surface area (Å²) in [5, 5.41) is 6.48. The maximum Gasteiger partial charge on any atom is 0.211 e. The number of hydrogen-bond donors (Lipinski definition) is 1. The first-order chi connectivity index (χ1) is 7.70. The number of amides is 1. The van der Waals surface area contributed by atoms with Crippen LogP contribution in [-0.4, -0.2) is 16.2 Å². The summed E-state index contributed by atoms with van der Waals surface area (Å²) in [6.45, 7) is 0. The molecule has 0 fully saturated rings. The molecule has 2 rings (SSSR count). The molecule has 1 aromatic heterocycles. The van der Waals surface area contributed by atoms with Crippen molar-refractivity contribution in [2.75, 3.05) is 5.32 Å². The van der Waals surface area contributed by atoms with Crippen LogP contribution < -0.4 is 5.32 Å². The van der Waals surface area contributed by atoms with Gasteiger partial charge in [0.15, 0.2) is 0 Å². The lowest BCUT2D eigenvalue weighted by atomic mass is 10.2. The van der Waals surface area contributed by atoms with Crippen molar-refractivity contribution in [3.8, 4) is 5.69 Å². The SMILES string of the molecule is O=CNc1cc(F)ccc1-n1cc(Br)cn1. The highest BCUT2D eigenvalue weighted by atomic mass is 79.9. The topological polar surface area (TPSA) is 46.9 Å². The molecule has 0 bridgehead atoms. The van der Waals surface area contributed by atoms with Gasteiger partial charge in [-0.2, -0.15) is 5.10 Å². The molecule has 0 unspecified atom stereocenters. The number of carbonyl (C=O) groups excluding carboxylic acids is 1. The summed E-state index contributed by atoms with van der Waals surface area (Å²) >= 11 is 3.26. The lowest BCUT2D eigenvalue weighted by molar-refractivity contribution is -0.105. The van der Waals surface area contributed by atoms with Gasteiger partial charge in [0.05, 0.1) is 22.0 Å². The summed E-state index contributed by atoms with van der Waals surface area (Å²) in [6, 6.07) is 4.08. The average Bonchev–Trinajstić information content (AvgIpc) is 2.65. The Morgan fingerprint density at radius 3 is 2.94 bits per heavy atom. The van der Waals surface area contributed by atoms with E-state index in [1.54, 1.807) is 18.5 Å². The molecule has 1 N–H and O–H groups in total. The summed E-state index contributed by atoms with van der Waals surface area (Å²) in [5.74, 6) is -0.417. The third-order valence-electron chi connectivity index (χ3n) is 1.97. The van der Waals surface area contributed by atoms with Crippen molar-refractivity contribution in [1.82, 2.24) is 9.78 Å². The lowest BCUT2D eigenvalue weighted by Crippen LogP contribution is -2.03. The molecule has 1 aromatic carbocycles. The van der Waals surface area contributed by atoms with Crippen LogP contribution in [0, 0.1) is 5.82 Å². The highest BCUT2D eigenvalue weighted by Gasteiger charge is 2.06. The van der Waals surface area contributed by atoms with Crippen molar-refractivity contribution in [2.24, 2.45) is 0 Å². The van der Waals surface area contributed by atoms with Gasteiger partial charge in [0, 0.05) is 6.20 Å². The molecule has 2 aromatic rings. The molecule has 1 heterocycles. The Kier molecular flexibility index (Phi) is 3.00. The third-order valence-corrected chi connectivity index (χ3v) is 2.38. The van der Waals surface area contributed by atoms with Crippen molar-refractivity contribution < 1.29 is 9.18 Å². The zero-order valence-corrected chi connectivity index (χ0v) is 9.61. The number of carbonyl (C=O) groups is 1. The van der Waals surface area contributed by atoms with Crippen molar-refractivity contribution in [3.63, 3.8) is 0 Å². The van der Waals surface area contributed by atoms with E-state index in [-0.39, 0.29) is 0 Å².